The highest BCUT2D eigenvalue weighted by Crippen LogP contribution is 2.34. The summed E-state index contributed by atoms with van der Waals surface area (Å²) in [6.07, 6.45) is 9.37. The Morgan fingerprint density at radius 1 is 1.28 bits per heavy atom. The summed E-state index contributed by atoms with van der Waals surface area (Å²) < 4.78 is 7.85. The van der Waals surface area contributed by atoms with Gasteiger partial charge in [0.25, 0.3) is 5.91 Å². The molecule has 1 saturated carbocycles. The van der Waals surface area contributed by atoms with Gasteiger partial charge >= 0.3 is 0 Å². The van der Waals surface area contributed by atoms with Gasteiger partial charge in [0.1, 0.15) is 15.2 Å². The van der Waals surface area contributed by atoms with Crippen LogP contribution in [0.3, 0.4) is 0 Å². The quantitative estimate of drug-likeness (QED) is 0.248. The van der Waals surface area contributed by atoms with Gasteiger partial charge in [0.05, 0.1) is 34.9 Å². The second kappa shape index (κ2) is 11.1. The third-order valence-electron chi connectivity index (χ3n) is 7.12. The Morgan fingerprint density at radius 2 is 2.03 bits per heavy atom. The molecule has 4 aromatic rings. The molecule has 9 heteroatoms. The van der Waals surface area contributed by atoms with Crippen LogP contribution in [0.2, 0.25) is 0 Å². The van der Waals surface area contributed by atoms with Crippen LogP contribution in [-0.2, 0) is 0 Å². The maximum atomic E-state index is 13.7. The van der Waals surface area contributed by atoms with E-state index in [-0.39, 0.29) is 18.0 Å². The van der Waals surface area contributed by atoms with Crippen molar-refractivity contribution in [2.45, 2.75) is 58.5 Å². The van der Waals surface area contributed by atoms with Crippen molar-refractivity contribution in [1.82, 2.24) is 30.2 Å². The van der Waals surface area contributed by atoms with E-state index in [1.165, 1.54) is 11.3 Å². The molecule has 39 heavy (non-hydrogen) atoms. The summed E-state index contributed by atoms with van der Waals surface area (Å²) in [5.74, 6) is 0.904. The molecular formula is C30H36N6O2S. The van der Waals surface area contributed by atoms with Crippen molar-refractivity contribution in [3.63, 3.8) is 0 Å². The minimum Gasteiger partial charge on any atom is -0.477 e. The standard InChI is InChI=1S/C30H36N6O2S/c1-7-19(5)33-21-10-8-9-11-22(21)35-29(37)28-27-26-23(12-13-31-30(26)39-28)36(20(6)34-27)24-15-32-25(14-18(24)4)38-16-17(2)3/h7,12-15,17,21-22,33-34H,1,5-6,8-11,16H2,2-4H3,(H,35,37)/t21-,22+/m0/s1. The van der Waals surface area contributed by atoms with E-state index in [0.29, 0.717) is 28.8 Å². The molecule has 0 saturated heterocycles. The van der Waals surface area contributed by atoms with Crippen molar-refractivity contribution in [3.05, 3.63) is 65.4 Å². The van der Waals surface area contributed by atoms with Crippen molar-refractivity contribution in [3.8, 4) is 11.6 Å². The molecule has 204 valence electrons. The van der Waals surface area contributed by atoms with E-state index in [2.05, 4.69) is 59.2 Å². The molecule has 4 aromatic heterocycles. The maximum absolute atomic E-state index is 13.7. The molecule has 1 aliphatic rings. The highest BCUT2D eigenvalue weighted by Gasteiger charge is 2.29. The Morgan fingerprint density at radius 3 is 2.72 bits per heavy atom. The minimum atomic E-state index is -0.111. The van der Waals surface area contributed by atoms with Crippen molar-refractivity contribution in [1.29, 1.82) is 0 Å². The molecule has 0 aromatic carbocycles. The largest absolute Gasteiger partial charge is 0.477 e. The fourth-order valence-electron chi connectivity index (χ4n) is 5.19. The first-order valence-electron chi connectivity index (χ1n) is 13.4. The number of amides is 1. The summed E-state index contributed by atoms with van der Waals surface area (Å²) >= 11 is 1.39. The smallest absolute Gasteiger partial charge is 0.263 e. The van der Waals surface area contributed by atoms with E-state index in [4.69, 9.17) is 4.74 Å². The van der Waals surface area contributed by atoms with E-state index in [1.807, 2.05) is 29.8 Å². The Labute approximate surface area is 232 Å². The third kappa shape index (κ3) is 5.36. The van der Waals surface area contributed by atoms with Crippen LogP contribution in [0.5, 0.6) is 5.88 Å². The van der Waals surface area contributed by atoms with Crippen LogP contribution in [0.25, 0.3) is 33.5 Å². The Balaban J connectivity index is 1.51. The summed E-state index contributed by atoms with van der Waals surface area (Å²) in [6.45, 7) is 19.0. The van der Waals surface area contributed by atoms with E-state index in [1.54, 1.807) is 12.3 Å². The van der Waals surface area contributed by atoms with Gasteiger partial charge in [-0.05, 0) is 43.4 Å². The summed E-state index contributed by atoms with van der Waals surface area (Å²) in [5, 5.41) is 7.60. The maximum Gasteiger partial charge on any atom is 0.263 e. The van der Waals surface area contributed by atoms with Gasteiger partial charge in [0, 0.05) is 30.0 Å². The number of hydrogen-bond donors (Lipinski definition) is 3. The number of H-pyrrole nitrogens is 1. The number of pyridine rings is 2. The van der Waals surface area contributed by atoms with Gasteiger partial charge in [-0.2, -0.15) is 0 Å². The van der Waals surface area contributed by atoms with Crippen molar-refractivity contribution >= 4 is 45.1 Å². The zero-order valence-corrected chi connectivity index (χ0v) is 23.7. The molecule has 1 aliphatic carbocycles. The molecule has 4 heterocycles. The summed E-state index contributed by atoms with van der Waals surface area (Å²) in [4.78, 5) is 27.6. The number of aromatic amines is 1. The first-order valence-corrected chi connectivity index (χ1v) is 14.2. The fourth-order valence-corrected chi connectivity index (χ4v) is 6.21. The Kier molecular flexibility index (Phi) is 7.61. The number of nitrogens with zero attached hydrogens (tertiary/aromatic N) is 3. The van der Waals surface area contributed by atoms with Crippen molar-refractivity contribution in [2.24, 2.45) is 5.92 Å². The molecule has 8 nitrogen and oxygen atoms in total. The fraction of sp³-hybridized carbons (Fsp3) is 0.367. The number of nitrogens with one attached hydrogen (secondary N) is 3. The predicted molar refractivity (Wildman–Crippen MR) is 159 cm³/mol. The van der Waals surface area contributed by atoms with Crippen LogP contribution in [-0.4, -0.2) is 44.1 Å². The molecule has 1 fully saturated rings. The monoisotopic (exact) mass is 544 g/mol. The minimum absolute atomic E-state index is 0.00114. The van der Waals surface area contributed by atoms with Gasteiger partial charge in [0.2, 0.25) is 5.88 Å². The van der Waals surface area contributed by atoms with Crippen LogP contribution in [0.15, 0.2) is 49.5 Å². The van der Waals surface area contributed by atoms with Gasteiger partial charge in [-0.1, -0.05) is 46.4 Å². The molecule has 3 N–H and O–H groups in total. The summed E-state index contributed by atoms with van der Waals surface area (Å²) in [7, 11) is 0. The van der Waals surface area contributed by atoms with Crippen molar-refractivity contribution in [2.75, 3.05) is 6.61 Å². The average Bonchev–Trinajstić information content (AvgIpc) is 3.29. The van der Waals surface area contributed by atoms with Crippen LogP contribution in [0.4, 0.5) is 0 Å². The van der Waals surface area contributed by atoms with Crippen LogP contribution >= 0.6 is 11.3 Å². The van der Waals surface area contributed by atoms with Gasteiger partial charge in [0.15, 0.2) is 0 Å². The zero-order chi connectivity index (χ0) is 27.7. The first kappa shape index (κ1) is 26.7. The molecule has 0 radical (unpaired) electrons. The van der Waals surface area contributed by atoms with Crippen LogP contribution in [0, 0.1) is 12.8 Å². The number of ether oxygens (including phenoxy) is 1. The molecule has 0 spiro atoms. The lowest BCUT2D eigenvalue weighted by molar-refractivity contribution is 0.0922. The average molecular weight is 545 g/mol. The number of carbonyl (C=O) groups excluding carboxylic acids is 1. The lowest BCUT2D eigenvalue weighted by Gasteiger charge is -2.33. The Bertz CT molecular complexity index is 1610. The lowest BCUT2D eigenvalue weighted by atomic mass is 9.90. The predicted octanol–water partition coefficient (Wildman–Crippen LogP) is 5.33. The second-order valence-corrected chi connectivity index (χ2v) is 11.6. The molecule has 1 amide bonds. The number of aryl methyl sites for hydroxylation is 1. The number of thiophene rings is 1. The number of rotatable bonds is 9. The molecular weight excluding hydrogens is 508 g/mol. The number of carbonyl (C=O) groups is 1. The molecule has 0 bridgehead atoms. The van der Waals surface area contributed by atoms with Gasteiger partial charge < -0.3 is 20.4 Å². The Hall–Kier alpha value is -3.85. The molecule has 0 unspecified atom stereocenters. The van der Waals surface area contributed by atoms with Crippen LogP contribution in [0.1, 0.15) is 54.8 Å². The molecule has 5 rings (SSSR count). The number of aromatic nitrogens is 4. The zero-order valence-electron chi connectivity index (χ0n) is 22.8. The number of hydrogen-bond acceptors (Lipinski definition) is 6. The SMILES string of the molecule is C=CC(=C)N[C@H]1CCCC[C@H]1NC(=O)c1sc2nccc3c2c1[nH]c(=C)n3-c1cnc(OCC(C)C)cc1C. The third-order valence-corrected chi connectivity index (χ3v) is 8.22. The lowest BCUT2D eigenvalue weighted by Crippen LogP contribution is -2.51. The van der Waals surface area contributed by atoms with E-state index in [0.717, 1.165) is 63.9 Å². The highest BCUT2D eigenvalue weighted by atomic mass is 32.1. The van der Waals surface area contributed by atoms with Gasteiger partial charge in [-0.3, -0.25) is 9.36 Å². The van der Waals surface area contributed by atoms with Crippen LogP contribution < -0.4 is 20.9 Å². The van der Waals surface area contributed by atoms with E-state index in [9.17, 15) is 4.79 Å². The molecule has 2 atom stereocenters. The second-order valence-electron chi connectivity index (χ2n) is 10.6. The summed E-state index contributed by atoms with van der Waals surface area (Å²) in [6, 6.07) is 4.02. The van der Waals surface area contributed by atoms with E-state index < -0.39 is 0 Å². The number of allylic oxidation sites excluding steroid dienone is 1. The molecule has 0 aliphatic heterocycles. The van der Waals surface area contributed by atoms with E-state index >= 15 is 0 Å². The highest BCUT2D eigenvalue weighted by molar-refractivity contribution is 7.21. The van der Waals surface area contributed by atoms with Gasteiger partial charge in [-0.25, -0.2) is 9.97 Å². The van der Waals surface area contributed by atoms with Gasteiger partial charge in [-0.15, -0.1) is 11.3 Å². The van der Waals surface area contributed by atoms with Crippen molar-refractivity contribution < 1.29 is 9.53 Å². The topological polar surface area (TPSA) is 96.9 Å². The summed E-state index contributed by atoms with van der Waals surface area (Å²) in [5.41, 5.74) is 4.96. The first-order chi connectivity index (χ1) is 18.8. The normalized spacial score (nSPS) is 17.4.